The lowest BCUT2D eigenvalue weighted by Crippen LogP contribution is -2.21. The van der Waals surface area contributed by atoms with Crippen LogP contribution in [-0.4, -0.2) is 9.82 Å². The molecule has 2 heterocycles. The molecule has 12 rings (SSSR count). The molecule has 58 heavy (non-hydrogen) atoms. The molecule has 2 nitrogen and oxygen atoms in total. The Morgan fingerprint density at radius 2 is 1.26 bits per heavy atom. The number of anilines is 2. The number of thioether (sulfide) groups is 1. The molecule has 2 aliphatic carbocycles. The summed E-state index contributed by atoms with van der Waals surface area (Å²) in [5.41, 5.74) is 16.5. The van der Waals surface area contributed by atoms with Crippen LogP contribution in [-0.2, 0) is 5.41 Å². The molecule has 2 atom stereocenters. The molecular weight excluding hydrogens is 721 g/mol. The lowest BCUT2D eigenvalue weighted by atomic mass is 9.82. The highest BCUT2D eigenvalue weighted by Crippen LogP contribution is 2.57. The van der Waals surface area contributed by atoms with Gasteiger partial charge in [0.25, 0.3) is 0 Å². The van der Waals surface area contributed by atoms with Gasteiger partial charge in [0.15, 0.2) is 0 Å². The highest BCUT2D eigenvalue weighted by molar-refractivity contribution is 8.00. The number of hydrogen-bond acceptors (Lipinski definition) is 2. The smallest absolute Gasteiger partial charge is 0.0623 e. The third-order valence-corrected chi connectivity index (χ3v) is 14.3. The minimum Gasteiger partial charge on any atom is -0.311 e. The van der Waals surface area contributed by atoms with Crippen molar-refractivity contribution < 1.29 is 0 Å². The van der Waals surface area contributed by atoms with Crippen LogP contribution in [0.4, 0.5) is 11.4 Å². The Morgan fingerprint density at radius 3 is 2.07 bits per heavy atom. The molecule has 1 aliphatic heterocycles. The van der Waals surface area contributed by atoms with Crippen molar-refractivity contribution in [1.82, 2.24) is 4.57 Å². The molecular formula is C55H40N2S. The summed E-state index contributed by atoms with van der Waals surface area (Å²) in [4.78, 5) is 3.88. The third kappa shape index (κ3) is 4.87. The van der Waals surface area contributed by atoms with Gasteiger partial charge in [0.2, 0.25) is 0 Å². The zero-order valence-electron chi connectivity index (χ0n) is 32.4. The molecule has 0 bridgehead atoms. The largest absolute Gasteiger partial charge is 0.311 e. The van der Waals surface area contributed by atoms with Gasteiger partial charge in [-0.2, -0.15) is 0 Å². The highest BCUT2D eigenvalue weighted by atomic mass is 32.2. The molecule has 2 unspecified atom stereocenters. The van der Waals surface area contributed by atoms with Crippen LogP contribution in [0.2, 0.25) is 0 Å². The molecule has 0 radical (unpaired) electrons. The summed E-state index contributed by atoms with van der Waals surface area (Å²) >= 11 is 2.03. The fraction of sp³-hybridized carbons (Fsp3) is 0.0909. The number of benzene rings is 8. The number of aromatic nitrogens is 1. The van der Waals surface area contributed by atoms with Crippen LogP contribution in [0, 0.1) is 0 Å². The van der Waals surface area contributed by atoms with Crippen molar-refractivity contribution in [2.45, 2.75) is 35.3 Å². The van der Waals surface area contributed by atoms with Crippen LogP contribution in [0.15, 0.2) is 205 Å². The summed E-state index contributed by atoms with van der Waals surface area (Å²) < 4.78 is 2.53. The minimum absolute atomic E-state index is 0.0901. The van der Waals surface area contributed by atoms with Gasteiger partial charge < -0.3 is 9.47 Å². The summed E-state index contributed by atoms with van der Waals surface area (Å²) in [6.45, 7) is 4.74. The molecule has 0 saturated heterocycles. The highest BCUT2D eigenvalue weighted by Gasteiger charge is 2.39. The molecule has 0 amide bonds. The number of para-hydroxylation sites is 2. The first-order chi connectivity index (χ1) is 28.5. The van der Waals surface area contributed by atoms with Crippen molar-refractivity contribution in [1.29, 1.82) is 0 Å². The van der Waals surface area contributed by atoms with E-state index in [1.54, 1.807) is 0 Å². The quantitative estimate of drug-likeness (QED) is 0.173. The van der Waals surface area contributed by atoms with Gasteiger partial charge in [0.05, 0.1) is 11.0 Å². The summed E-state index contributed by atoms with van der Waals surface area (Å²) in [5, 5.41) is 5.58. The fourth-order valence-electron chi connectivity index (χ4n) is 10.2. The molecule has 3 aliphatic rings. The second-order valence-corrected chi connectivity index (χ2v) is 17.6. The van der Waals surface area contributed by atoms with Crippen molar-refractivity contribution in [2.75, 3.05) is 4.90 Å². The summed E-state index contributed by atoms with van der Waals surface area (Å²) in [7, 11) is 0. The Morgan fingerprint density at radius 1 is 0.569 bits per heavy atom. The normalized spacial score (nSPS) is 17.2. The predicted molar refractivity (Wildman–Crippen MR) is 246 cm³/mol. The Labute approximate surface area is 343 Å². The number of allylic oxidation sites excluding steroid dienone is 2. The molecule has 276 valence electrons. The lowest BCUT2D eigenvalue weighted by Gasteiger charge is -2.31. The van der Waals surface area contributed by atoms with E-state index in [-0.39, 0.29) is 16.6 Å². The molecule has 9 aromatic rings. The molecule has 0 spiro atoms. The summed E-state index contributed by atoms with van der Waals surface area (Å²) in [6.07, 6.45) is 7.42. The monoisotopic (exact) mass is 760 g/mol. The molecule has 0 saturated carbocycles. The van der Waals surface area contributed by atoms with E-state index in [9.17, 15) is 0 Å². The van der Waals surface area contributed by atoms with Crippen LogP contribution in [0.25, 0.3) is 60.5 Å². The van der Waals surface area contributed by atoms with Gasteiger partial charge in [-0.15, -0.1) is 11.8 Å². The maximum Gasteiger partial charge on any atom is 0.0623 e. The van der Waals surface area contributed by atoms with Crippen molar-refractivity contribution in [2.24, 2.45) is 0 Å². The third-order valence-electron chi connectivity index (χ3n) is 12.9. The van der Waals surface area contributed by atoms with Gasteiger partial charge >= 0.3 is 0 Å². The average Bonchev–Trinajstić information content (AvgIpc) is 3.90. The van der Waals surface area contributed by atoms with Crippen molar-refractivity contribution >= 4 is 55.7 Å². The van der Waals surface area contributed by atoms with E-state index in [0.29, 0.717) is 0 Å². The van der Waals surface area contributed by atoms with Crippen molar-refractivity contribution in [3.8, 4) is 27.9 Å². The summed E-state index contributed by atoms with van der Waals surface area (Å²) in [6, 6.07) is 64.9. The number of nitrogens with zero attached hydrogens (tertiary/aromatic N) is 2. The first-order valence-corrected chi connectivity index (χ1v) is 21.2. The van der Waals surface area contributed by atoms with Gasteiger partial charge in [-0.3, -0.25) is 0 Å². The lowest BCUT2D eigenvalue weighted by molar-refractivity contribution is 0.660. The van der Waals surface area contributed by atoms with E-state index in [0.717, 1.165) is 5.69 Å². The molecule has 3 heteroatoms. The van der Waals surface area contributed by atoms with Gasteiger partial charge in [-0.1, -0.05) is 159 Å². The van der Waals surface area contributed by atoms with Gasteiger partial charge in [0, 0.05) is 60.4 Å². The van der Waals surface area contributed by atoms with E-state index < -0.39 is 0 Å². The maximum absolute atomic E-state index is 2.57. The van der Waals surface area contributed by atoms with Crippen LogP contribution in [0.3, 0.4) is 0 Å². The van der Waals surface area contributed by atoms with Crippen LogP contribution in [0.1, 0.15) is 36.5 Å². The topological polar surface area (TPSA) is 8.17 Å². The van der Waals surface area contributed by atoms with Gasteiger partial charge in [0.1, 0.15) is 0 Å². The first-order valence-electron chi connectivity index (χ1n) is 20.3. The van der Waals surface area contributed by atoms with Gasteiger partial charge in [-0.25, -0.2) is 0 Å². The summed E-state index contributed by atoms with van der Waals surface area (Å²) in [5.74, 6) is 0.178. The van der Waals surface area contributed by atoms with Crippen LogP contribution < -0.4 is 4.90 Å². The van der Waals surface area contributed by atoms with Crippen molar-refractivity contribution in [3.05, 3.63) is 217 Å². The standard InChI is InChI=1S/C55H40N2S/c1-55(2)47-25-15-14-22-41(47)42-30-27-40(34-48(42)55)56(37-18-8-4-9-19-37)39-28-31-50-46(33-39)52-51-45-29-26-36(35-16-6-3-7-17-35)32-49(45)57(38-20-10-5-11-21-38)53(51)43-23-12-13-24-44(43)54(52)58-50/h3-34,46,50H,1-2H3. The average molecular weight is 761 g/mol. The fourth-order valence-corrected chi connectivity index (χ4v) is 11.7. The van der Waals surface area contributed by atoms with E-state index in [1.807, 2.05) is 11.8 Å². The predicted octanol–water partition coefficient (Wildman–Crippen LogP) is 14.8. The van der Waals surface area contributed by atoms with Gasteiger partial charge in [-0.05, 0) is 92.9 Å². The zero-order valence-corrected chi connectivity index (χ0v) is 33.2. The second-order valence-electron chi connectivity index (χ2n) is 16.4. The van der Waals surface area contributed by atoms with Crippen LogP contribution in [0.5, 0.6) is 0 Å². The Kier molecular flexibility index (Phi) is 7.37. The number of hydrogen-bond donors (Lipinski definition) is 0. The molecule has 0 fully saturated rings. The Balaban J connectivity index is 1.10. The number of rotatable bonds is 5. The minimum atomic E-state index is -0.0901. The SMILES string of the molecule is CC1(C)c2ccccc2-c2ccc(N(C3=CC4c5c(c6ccccc6c6c5c5ccc(-c7ccccc7)cc5n6-c5ccccc5)SC4C=C3)c3ccccc3)cc21. The van der Waals surface area contributed by atoms with E-state index in [1.165, 1.54) is 93.5 Å². The Hall–Kier alpha value is -6.55. The van der Waals surface area contributed by atoms with E-state index in [2.05, 4.69) is 217 Å². The molecule has 1 aromatic heterocycles. The van der Waals surface area contributed by atoms with Crippen molar-refractivity contribution in [3.63, 3.8) is 0 Å². The Bertz CT molecular complexity index is 3170. The molecule has 8 aromatic carbocycles. The number of fused-ring (bicyclic) bond motifs is 13. The van der Waals surface area contributed by atoms with Crippen LogP contribution >= 0.6 is 11.8 Å². The second kappa shape index (κ2) is 12.7. The zero-order chi connectivity index (χ0) is 38.5. The van der Waals surface area contributed by atoms with E-state index in [4.69, 9.17) is 0 Å². The first kappa shape index (κ1) is 33.6. The maximum atomic E-state index is 2.57. The van der Waals surface area contributed by atoms with E-state index >= 15 is 0 Å². The molecule has 0 N–H and O–H groups in total.